The maximum atomic E-state index is 13.0. The van der Waals surface area contributed by atoms with Crippen molar-refractivity contribution in [2.24, 2.45) is 0 Å². The Balaban J connectivity index is 0.00000420. The third-order valence-electron chi connectivity index (χ3n) is 4.93. The Morgan fingerprint density at radius 2 is 2.00 bits per heavy atom. The van der Waals surface area contributed by atoms with Crippen molar-refractivity contribution >= 4 is 28.4 Å². The molecule has 0 bridgehead atoms. The summed E-state index contributed by atoms with van der Waals surface area (Å²) in [6.07, 6.45) is 3.47. The Kier molecular flexibility index (Phi) is 12.5. The van der Waals surface area contributed by atoms with Crippen LogP contribution in [-0.2, 0) is 23.4 Å². The smallest absolute Gasteiger partial charge is 0.269 e. The summed E-state index contributed by atoms with van der Waals surface area (Å²) in [6, 6.07) is 0. The van der Waals surface area contributed by atoms with Gasteiger partial charge in [-0.25, -0.2) is 4.67 Å². The van der Waals surface area contributed by atoms with Gasteiger partial charge in [-0.2, -0.15) is 0 Å². The van der Waals surface area contributed by atoms with Crippen LogP contribution in [0.25, 0.3) is 0 Å². The van der Waals surface area contributed by atoms with Gasteiger partial charge in [0.2, 0.25) is 6.41 Å². The minimum Gasteiger partial charge on any atom is -0.355 e. The minimum absolute atomic E-state index is 0. The van der Waals surface area contributed by atoms with E-state index < -0.39 is 13.4 Å². The largest absolute Gasteiger partial charge is 0.355 e. The normalized spacial score (nSPS) is 27.0. The van der Waals surface area contributed by atoms with Gasteiger partial charge in [-0.05, 0) is 20.1 Å². The molecule has 4 atom stereocenters. The van der Waals surface area contributed by atoms with Crippen LogP contribution < -0.4 is 5.32 Å². The molecule has 2 rings (SSSR count). The number of imide groups is 1. The van der Waals surface area contributed by atoms with Crippen LogP contribution in [0.4, 0.5) is 0 Å². The molecule has 2 aliphatic heterocycles. The fourth-order valence-electron chi connectivity index (χ4n) is 3.10. The first-order valence-electron chi connectivity index (χ1n) is 9.40. The van der Waals surface area contributed by atoms with Gasteiger partial charge in [0.1, 0.15) is 6.23 Å². The van der Waals surface area contributed by atoms with Crippen LogP contribution in [0, 0.1) is 40.8 Å². The quantitative estimate of drug-likeness (QED) is 0.254. The molecule has 0 aromatic carbocycles. The number of hydrogen-bond acceptors (Lipinski definition) is 7. The number of rotatable bonds is 8. The number of hydrogen-bond donors (Lipinski definition) is 1. The van der Waals surface area contributed by atoms with E-state index in [-0.39, 0.29) is 53.2 Å². The van der Waals surface area contributed by atoms with Gasteiger partial charge in [0.25, 0.3) is 13.4 Å². The topological polar surface area (TPSA) is 91.4 Å². The molecule has 12 heteroatoms. The summed E-state index contributed by atoms with van der Waals surface area (Å²) in [5, 5.41) is 2.12. The first-order valence-corrected chi connectivity index (χ1v) is 12.8. The van der Waals surface area contributed by atoms with Crippen LogP contribution >= 0.6 is 16.1 Å². The fraction of sp³-hybridized carbons (Fsp3) is 0.765. The van der Waals surface area contributed by atoms with Gasteiger partial charge in [0.15, 0.2) is 0 Å². The Hall–Kier alpha value is 0.531. The Morgan fingerprint density at radius 3 is 2.62 bits per heavy atom. The van der Waals surface area contributed by atoms with Crippen molar-refractivity contribution in [1.29, 1.82) is 0 Å². The summed E-state index contributed by atoms with van der Waals surface area (Å²) in [6.45, 7) is 6.89. The van der Waals surface area contributed by atoms with Crippen molar-refractivity contribution in [3.05, 3.63) is 11.8 Å². The first kappa shape index (κ1) is 27.6. The molecule has 2 heterocycles. The maximum Gasteiger partial charge on any atom is 0.269 e. The van der Waals surface area contributed by atoms with Crippen LogP contribution in [0.15, 0.2) is 11.8 Å². The van der Waals surface area contributed by atoms with Crippen molar-refractivity contribution in [3.8, 4) is 0 Å². The molecular formula is C17H32N4NdO5P2. The molecule has 4 unspecified atom stereocenters. The molecule has 0 aromatic rings. The van der Waals surface area contributed by atoms with Crippen molar-refractivity contribution < 1.29 is 64.3 Å². The van der Waals surface area contributed by atoms with Crippen LogP contribution in [0.5, 0.6) is 0 Å². The third-order valence-corrected chi connectivity index (χ3v) is 8.37. The predicted molar refractivity (Wildman–Crippen MR) is 111 cm³/mol. The van der Waals surface area contributed by atoms with Gasteiger partial charge in [0.05, 0.1) is 12.7 Å². The van der Waals surface area contributed by atoms with Crippen LogP contribution in [0.1, 0.15) is 6.92 Å². The molecule has 0 radical (unpaired) electrons. The molecule has 2 aliphatic rings. The van der Waals surface area contributed by atoms with E-state index in [0.29, 0.717) is 27.2 Å². The SMILES string of the molecule is C/C(=C/N(C)C1CPCC(COP(C)(=O)N2CCN(C)CC2)O1)C(=O)NC=O.[Nd]. The van der Waals surface area contributed by atoms with Gasteiger partial charge >= 0.3 is 0 Å². The van der Waals surface area contributed by atoms with E-state index in [9.17, 15) is 14.2 Å². The van der Waals surface area contributed by atoms with E-state index in [4.69, 9.17) is 9.26 Å². The summed E-state index contributed by atoms with van der Waals surface area (Å²) in [5.74, 6) is -0.431. The average Bonchev–Trinajstić information content (AvgIpc) is 2.67. The molecule has 9 nitrogen and oxygen atoms in total. The summed E-state index contributed by atoms with van der Waals surface area (Å²) in [4.78, 5) is 26.1. The summed E-state index contributed by atoms with van der Waals surface area (Å²) < 4.78 is 26.8. The van der Waals surface area contributed by atoms with Crippen molar-refractivity contribution in [2.45, 2.75) is 19.3 Å². The second-order valence-electron chi connectivity index (χ2n) is 7.30. The molecule has 2 amide bonds. The van der Waals surface area contributed by atoms with Gasteiger partial charge in [-0.1, -0.05) is 0 Å². The van der Waals surface area contributed by atoms with E-state index in [2.05, 4.69) is 17.3 Å². The molecule has 1 N–H and O–H groups in total. The predicted octanol–water partition coefficient (Wildman–Crippen LogP) is 0.585. The zero-order valence-corrected chi connectivity index (χ0v) is 22.7. The standard InChI is InChI=1S/C17H32N4O5P2.Nd/c1-14(17(23)18-13-22)9-20(3)16-12-27-11-15(26-16)10-25-28(4,24)21-7-5-19(2)6-8-21;/h9,13,15-16,27H,5-8,10-12H2,1-4H3,(H,18,22,23);/b14-9-;. The number of likely N-dealkylation sites (N-methyl/N-ethyl adjacent to an activating group) is 1. The number of ether oxygens (including phenoxy) is 1. The third kappa shape index (κ3) is 8.89. The molecular weight excluding hydrogens is 546 g/mol. The monoisotopic (exact) mass is 576 g/mol. The van der Waals surface area contributed by atoms with Gasteiger partial charge in [0, 0.05) is 98.7 Å². The summed E-state index contributed by atoms with van der Waals surface area (Å²) in [5.41, 5.74) is 0.424. The number of nitrogens with one attached hydrogen (secondary N) is 1. The molecule has 164 valence electrons. The van der Waals surface area contributed by atoms with Crippen molar-refractivity contribution in [3.63, 3.8) is 0 Å². The number of carbonyl (C=O) groups excluding carboxylic acids is 2. The van der Waals surface area contributed by atoms with E-state index in [1.165, 1.54) is 0 Å². The number of amides is 2. The Morgan fingerprint density at radius 1 is 1.34 bits per heavy atom. The zero-order chi connectivity index (χ0) is 20.7. The molecule has 29 heavy (non-hydrogen) atoms. The Bertz CT molecular complexity index is 631. The molecule has 0 spiro atoms. The summed E-state index contributed by atoms with van der Waals surface area (Å²) in [7, 11) is 1.77. The molecule has 0 aromatic heterocycles. The average molecular weight is 579 g/mol. The van der Waals surface area contributed by atoms with E-state index in [1.807, 2.05) is 16.6 Å². The van der Waals surface area contributed by atoms with Gasteiger partial charge in [-0.15, -0.1) is 8.58 Å². The van der Waals surface area contributed by atoms with Crippen LogP contribution in [0.3, 0.4) is 0 Å². The number of carbonyl (C=O) groups is 2. The van der Waals surface area contributed by atoms with Crippen molar-refractivity contribution in [2.75, 3.05) is 65.9 Å². The molecule has 2 saturated heterocycles. The second kappa shape index (κ2) is 13.2. The van der Waals surface area contributed by atoms with Crippen LogP contribution in [0.2, 0.25) is 0 Å². The number of nitrogens with zero attached hydrogens (tertiary/aromatic N) is 3. The molecule has 0 aliphatic carbocycles. The van der Waals surface area contributed by atoms with Crippen molar-refractivity contribution in [1.82, 2.24) is 19.8 Å². The fourth-order valence-corrected chi connectivity index (χ4v) is 5.95. The van der Waals surface area contributed by atoms with Gasteiger partial charge < -0.3 is 19.1 Å². The molecule has 0 saturated carbocycles. The van der Waals surface area contributed by atoms with E-state index in [1.54, 1.807) is 19.8 Å². The second-order valence-corrected chi connectivity index (χ2v) is 11.0. The summed E-state index contributed by atoms with van der Waals surface area (Å²) >= 11 is 0. The number of piperazine rings is 1. The Labute approximate surface area is 208 Å². The maximum absolute atomic E-state index is 13.0. The molecule has 2 fully saturated rings. The zero-order valence-electron chi connectivity index (χ0n) is 17.6. The first-order chi connectivity index (χ1) is 13.2. The van der Waals surface area contributed by atoms with E-state index >= 15 is 0 Å². The van der Waals surface area contributed by atoms with Gasteiger partial charge in [-0.3, -0.25) is 19.5 Å². The van der Waals surface area contributed by atoms with E-state index in [0.717, 1.165) is 38.5 Å². The minimum atomic E-state index is -2.83. The van der Waals surface area contributed by atoms with Crippen LogP contribution in [-0.4, -0.2) is 105 Å².